The maximum atomic E-state index is 13.0. The summed E-state index contributed by atoms with van der Waals surface area (Å²) in [6.07, 6.45) is -4.53. The third-order valence-electron chi connectivity index (χ3n) is 4.26. The normalized spacial score (nSPS) is 12.5. The number of nitrogens with zero attached hydrogens (tertiary/aromatic N) is 2. The van der Waals surface area contributed by atoms with Crippen molar-refractivity contribution in [2.24, 2.45) is 4.99 Å². The number of amides is 1. The van der Waals surface area contributed by atoms with Gasteiger partial charge in [0.2, 0.25) is 0 Å². The number of ether oxygens (including phenoxy) is 2. The first-order chi connectivity index (χ1) is 14.3. The van der Waals surface area contributed by atoms with Crippen molar-refractivity contribution < 1.29 is 27.4 Å². The second kappa shape index (κ2) is 9.44. The zero-order valence-electron chi connectivity index (χ0n) is 16.5. The van der Waals surface area contributed by atoms with Crippen LogP contribution in [0.25, 0.3) is 10.2 Å². The summed E-state index contributed by atoms with van der Waals surface area (Å²) < 4.78 is 52.5. The predicted octanol–water partition coefficient (Wildman–Crippen LogP) is 4.90. The lowest BCUT2D eigenvalue weighted by Gasteiger charge is -2.07. The van der Waals surface area contributed by atoms with Gasteiger partial charge < -0.3 is 14.0 Å². The smallest absolute Gasteiger partial charge is 0.416 e. The molecule has 2 aromatic carbocycles. The Morgan fingerprint density at radius 3 is 2.63 bits per heavy atom. The lowest BCUT2D eigenvalue weighted by Crippen LogP contribution is -2.20. The van der Waals surface area contributed by atoms with E-state index in [1.807, 2.05) is 36.6 Å². The molecular weight excluding hydrogens is 417 g/mol. The van der Waals surface area contributed by atoms with Crippen LogP contribution in [0.15, 0.2) is 47.5 Å². The highest BCUT2D eigenvalue weighted by molar-refractivity contribution is 7.16. The van der Waals surface area contributed by atoms with E-state index in [1.165, 1.54) is 23.5 Å². The standard InChI is InChI=1S/C21H21F3N2O3S/c1-3-28-11-10-26-17-9-8-16(29-4-2)13-18(17)30-20(26)25-19(27)14-6-5-7-15(12-14)21(22,23)24/h5-9,12-13H,3-4,10-11H2,1-2H3. The fourth-order valence-corrected chi connectivity index (χ4v) is 3.97. The summed E-state index contributed by atoms with van der Waals surface area (Å²) in [5.41, 5.74) is -0.155. The fourth-order valence-electron chi connectivity index (χ4n) is 2.89. The molecule has 3 rings (SSSR count). The molecule has 1 heterocycles. The minimum Gasteiger partial charge on any atom is -0.494 e. The Morgan fingerprint density at radius 2 is 1.93 bits per heavy atom. The Morgan fingerprint density at radius 1 is 1.13 bits per heavy atom. The largest absolute Gasteiger partial charge is 0.494 e. The van der Waals surface area contributed by atoms with E-state index in [0.29, 0.717) is 36.9 Å². The van der Waals surface area contributed by atoms with Crippen LogP contribution in [0.2, 0.25) is 0 Å². The number of hydrogen-bond donors (Lipinski definition) is 0. The molecule has 0 radical (unpaired) electrons. The van der Waals surface area contributed by atoms with Gasteiger partial charge in [0, 0.05) is 18.7 Å². The number of benzene rings is 2. The van der Waals surface area contributed by atoms with Gasteiger partial charge >= 0.3 is 6.18 Å². The highest BCUT2D eigenvalue weighted by atomic mass is 32.1. The van der Waals surface area contributed by atoms with Crippen LogP contribution in [0.4, 0.5) is 13.2 Å². The maximum Gasteiger partial charge on any atom is 0.416 e. The second-order valence-corrected chi connectivity index (χ2v) is 7.30. The molecule has 0 saturated carbocycles. The van der Waals surface area contributed by atoms with Gasteiger partial charge in [0.25, 0.3) is 5.91 Å². The Kier molecular flexibility index (Phi) is 6.94. The first kappa shape index (κ1) is 22.0. The molecule has 9 heteroatoms. The van der Waals surface area contributed by atoms with Crippen molar-refractivity contribution in [1.29, 1.82) is 0 Å². The van der Waals surface area contributed by atoms with E-state index in [-0.39, 0.29) is 5.56 Å². The number of rotatable bonds is 7. The molecule has 0 bridgehead atoms. The Hall–Kier alpha value is -2.65. The average molecular weight is 438 g/mol. The summed E-state index contributed by atoms with van der Waals surface area (Å²) in [5.74, 6) is -0.0400. The third kappa shape index (κ3) is 5.09. The van der Waals surface area contributed by atoms with Crippen LogP contribution in [-0.2, 0) is 17.5 Å². The third-order valence-corrected chi connectivity index (χ3v) is 5.30. The first-order valence-electron chi connectivity index (χ1n) is 9.43. The molecule has 0 unspecified atom stereocenters. The number of alkyl halides is 3. The van der Waals surface area contributed by atoms with Gasteiger partial charge in [0.1, 0.15) is 5.75 Å². The number of thiazole rings is 1. The Labute approximate surface area is 175 Å². The summed E-state index contributed by atoms with van der Waals surface area (Å²) in [4.78, 5) is 17.1. The number of fused-ring (bicyclic) bond motifs is 1. The topological polar surface area (TPSA) is 52.8 Å². The first-order valence-corrected chi connectivity index (χ1v) is 10.3. The maximum absolute atomic E-state index is 13.0. The van der Waals surface area contributed by atoms with Gasteiger partial charge in [-0.3, -0.25) is 4.79 Å². The van der Waals surface area contributed by atoms with E-state index in [4.69, 9.17) is 9.47 Å². The van der Waals surface area contributed by atoms with Crippen molar-refractivity contribution in [3.63, 3.8) is 0 Å². The zero-order chi connectivity index (χ0) is 21.7. The van der Waals surface area contributed by atoms with Crippen molar-refractivity contribution in [2.45, 2.75) is 26.6 Å². The van der Waals surface area contributed by atoms with Gasteiger partial charge in [-0.2, -0.15) is 18.2 Å². The lowest BCUT2D eigenvalue weighted by molar-refractivity contribution is -0.137. The van der Waals surface area contributed by atoms with E-state index in [2.05, 4.69) is 4.99 Å². The van der Waals surface area contributed by atoms with Crippen molar-refractivity contribution >= 4 is 27.5 Å². The van der Waals surface area contributed by atoms with Crippen LogP contribution < -0.4 is 9.54 Å². The van der Waals surface area contributed by atoms with Crippen LogP contribution in [-0.4, -0.2) is 30.3 Å². The molecule has 0 aliphatic heterocycles. The average Bonchev–Trinajstić information content (AvgIpc) is 3.04. The number of hydrogen-bond acceptors (Lipinski definition) is 4. The predicted molar refractivity (Wildman–Crippen MR) is 109 cm³/mol. The zero-order valence-corrected chi connectivity index (χ0v) is 17.3. The summed E-state index contributed by atoms with van der Waals surface area (Å²) in [5, 5.41) is 0. The molecule has 3 aromatic rings. The quantitative estimate of drug-likeness (QED) is 0.493. The minimum atomic E-state index is -4.53. The van der Waals surface area contributed by atoms with Crippen molar-refractivity contribution in [3.8, 4) is 5.75 Å². The van der Waals surface area contributed by atoms with Crippen LogP contribution in [0.5, 0.6) is 5.75 Å². The molecule has 5 nitrogen and oxygen atoms in total. The summed E-state index contributed by atoms with van der Waals surface area (Å²) in [6, 6.07) is 9.82. The number of carbonyl (C=O) groups is 1. The molecular formula is C21H21F3N2O3S. The molecule has 0 fully saturated rings. The molecule has 160 valence electrons. The Bertz CT molecular complexity index is 1100. The summed E-state index contributed by atoms with van der Waals surface area (Å²) in [7, 11) is 0. The molecule has 0 N–H and O–H groups in total. The van der Waals surface area contributed by atoms with Gasteiger partial charge in [-0.05, 0) is 50.2 Å². The van der Waals surface area contributed by atoms with E-state index < -0.39 is 17.6 Å². The Balaban J connectivity index is 2.05. The van der Waals surface area contributed by atoms with E-state index in [9.17, 15) is 18.0 Å². The molecule has 1 amide bonds. The van der Waals surface area contributed by atoms with Crippen LogP contribution >= 0.6 is 11.3 Å². The van der Waals surface area contributed by atoms with Crippen LogP contribution in [0.3, 0.4) is 0 Å². The van der Waals surface area contributed by atoms with Gasteiger partial charge in [-0.25, -0.2) is 0 Å². The molecule has 0 aliphatic carbocycles. The van der Waals surface area contributed by atoms with Gasteiger partial charge in [0.15, 0.2) is 4.80 Å². The number of halogens is 3. The second-order valence-electron chi connectivity index (χ2n) is 6.29. The molecule has 0 atom stereocenters. The van der Waals surface area contributed by atoms with Crippen molar-refractivity contribution in [3.05, 3.63) is 58.4 Å². The van der Waals surface area contributed by atoms with Crippen LogP contribution in [0, 0.1) is 0 Å². The summed E-state index contributed by atoms with van der Waals surface area (Å²) in [6.45, 7) is 5.71. The molecule has 0 saturated heterocycles. The molecule has 1 aromatic heterocycles. The molecule has 0 aliphatic rings. The van der Waals surface area contributed by atoms with E-state index in [1.54, 1.807) is 0 Å². The molecule has 0 spiro atoms. The van der Waals surface area contributed by atoms with Gasteiger partial charge in [-0.1, -0.05) is 17.4 Å². The van der Waals surface area contributed by atoms with Crippen LogP contribution in [0.1, 0.15) is 29.8 Å². The SMILES string of the molecule is CCOCCn1c(=NC(=O)c2cccc(C(F)(F)F)c2)sc2cc(OCC)ccc21. The lowest BCUT2D eigenvalue weighted by atomic mass is 10.1. The monoisotopic (exact) mass is 438 g/mol. The van der Waals surface area contributed by atoms with E-state index in [0.717, 1.165) is 22.3 Å². The number of carbonyl (C=O) groups excluding carboxylic acids is 1. The van der Waals surface area contributed by atoms with Gasteiger partial charge in [0.05, 0.1) is 29.0 Å². The summed E-state index contributed by atoms with van der Waals surface area (Å²) >= 11 is 1.27. The van der Waals surface area contributed by atoms with Crippen molar-refractivity contribution in [1.82, 2.24) is 4.57 Å². The minimum absolute atomic E-state index is 0.117. The number of aromatic nitrogens is 1. The van der Waals surface area contributed by atoms with Gasteiger partial charge in [-0.15, -0.1) is 0 Å². The van der Waals surface area contributed by atoms with E-state index >= 15 is 0 Å². The highest BCUT2D eigenvalue weighted by Crippen LogP contribution is 2.29. The van der Waals surface area contributed by atoms with Crippen molar-refractivity contribution in [2.75, 3.05) is 19.8 Å². The molecule has 30 heavy (non-hydrogen) atoms. The highest BCUT2D eigenvalue weighted by Gasteiger charge is 2.30. The fraction of sp³-hybridized carbons (Fsp3) is 0.333.